The molecule has 0 saturated heterocycles. The summed E-state index contributed by atoms with van der Waals surface area (Å²) in [6, 6.07) is 3.05. The van der Waals surface area contributed by atoms with Crippen LogP contribution in [0, 0.1) is 23.7 Å². The molecular weight excluding hydrogens is 309 g/mol. The average molecular weight is 330 g/mol. The van der Waals surface area contributed by atoms with Gasteiger partial charge in [0, 0.05) is 12.1 Å². The lowest BCUT2D eigenvalue weighted by molar-refractivity contribution is -0.0170. The van der Waals surface area contributed by atoms with Crippen molar-refractivity contribution in [2.45, 2.75) is 51.1 Å². The summed E-state index contributed by atoms with van der Waals surface area (Å²) in [5.41, 5.74) is 1.18. The highest BCUT2D eigenvalue weighted by atomic mass is 35.5. The molecule has 0 aliphatic heterocycles. The Morgan fingerprint density at radius 3 is 2.20 bits per heavy atom. The Bertz CT molecular complexity index is 485. The largest absolute Gasteiger partial charge is 0.307 e. The number of rotatable bonds is 3. The SMILES string of the molecule is CC(NC1C2CC3CC(C2)CC1C3)c1cc(Cl)sc1Cl. The van der Waals surface area contributed by atoms with Crippen LogP contribution in [-0.2, 0) is 0 Å². The Labute approximate surface area is 135 Å². The molecule has 4 aliphatic rings. The maximum Gasteiger partial charge on any atom is 0.0991 e. The van der Waals surface area contributed by atoms with Crippen molar-refractivity contribution in [3.63, 3.8) is 0 Å². The normalized spacial score (nSPS) is 40.2. The lowest BCUT2D eigenvalue weighted by Crippen LogP contribution is -2.54. The molecule has 1 N–H and O–H groups in total. The summed E-state index contributed by atoms with van der Waals surface area (Å²) < 4.78 is 1.64. The summed E-state index contributed by atoms with van der Waals surface area (Å²) in [6.07, 6.45) is 7.33. The molecule has 0 radical (unpaired) electrons. The van der Waals surface area contributed by atoms with Crippen molar-refractivity contribution in [3.8, 4) is 0 Å². The second-order valence-electron chi connectivity index (χ2n) is 7.12. The minimum Gasteiger partial charge on any atom is -0.307 e. The lowest BCUT2D eigenvalue weighted by atomic mass is 9.54. The first-order valence-electron chi connectivity index (χ1n) is 7.81. The maximum absolute atomic E-state index is 6.30. The number of halogens is 2. The zero-order chi connectivity index (χ0) is 13.9. The molecule has 4 saturated carbocycles. The van der Waals surface area contributed by atoms with Crippen molar-refractivity contribution in [2.75, 3.05) is 0 Å². The van der Waals surface area contributed by atoms with Crippen LogP contribution in [0.2, 0.25) is 8.67 Å². The summed E-state index contributed by atoms with van der Waals surface area (Å²) in [5, 5.41) is 3.90. The van der Waals surface area contributed by atoms with Crippen molar-refractivity contribution in [2.24, 2.45) is 23.7 Å². The molecule has 4 bridgehead atoms. The van der Waals surface area contributed by atoms with E-state index in [2.05, 4.69) is 12.2 Å². The molecule has 20 heavy (non-hydrogen) atoms. The number of hydrogen-bond acceptors (Lipinski definition) is 2. The van der Waals surface area contributed by atoms with Crippen LogP contribution in [0.5, 0.6) is 0 Å². The molecule has 4 fully saturated rings. The zero-order valence-electron chi connectivity index (χ0n) is 11.7. The van der Waals surface area contributed by atoms with Gasteiger partial charge in [0.1, 0.15) is 0 Å². The Hall–Kier alpha value is 0.240. The lowest BCUT2D eigenvalue weighted by Gasteiger charge is -2.55. The molecular formula is C16H21Cl2NS. The monoisotopic (exact) mass is 329 g/mol. The third kappa shape index (κ3) is 2.33. The molecule has 110 valence electrons. The van der Waals surface area contributed by atoms with E-state index in [0.717, 1.165) is 32.3 Å². The van der Waals surface area contributed by atoms with E-state index in [0.29, 0.717) is 12.1 Å². The van der Waals surface area contributed by atoms with Crippen molar-refractivity contribution >= 4 is 34.5 Å². The smallest absolute Gasteiger partial charge is 0.0991 e. The van der Waals surface area contributed by atoms with Gasteiger partial charge in [-0.2, -0.15) is 0 Å². The Kier molecular flexibility index (Phi) is 3.58. The van der Waals surface area contributed by atoms with Gasteiger partial charge in [0.25, 0.3) is 0 Å². The minimum atomic E-state index is 0.314. The van der Waals surface area contributed by atoms with E-state index in [4.69, 9.17) is 23.2 Å². The summed E-state index contributed by atoms with van der Waals surface area (Å²) in [4.78, 5) is 0. The van der Waals surface area contributed by atoms with Crippen LogP contribution in [0.1, 0.15) is 50.6 Å². The van der Waals surface area contributed by atoms with E-state index in [1.165, 1.54) is 49.0 Å². The molecule has 1 aromatic rings. The van der Waals surface area contributed by atoms with Crippen LogP contribution in [-0.4, -0.2) is 6.04 Å². The standard InChI is InChI=1S/C16H21Cl2NS/c1-8(13-7-14(17)20-16(13)18)19-15-11-3-9-2-10(5-11)6-12(15)4-9/h7-12,15,19H,2-6H2,1H3. The number of thiophene rings is 1. The van der Waals surface area contributed by atoms with Gasteiger partial charge in [-0.1, -0.05) is 23.2 Å². The van der Waals surface area contributed by atoms with E-state index < -0.39 is 0 Å². The molecule has 5 rings (SSSR count). The fraction of sp³-hybridized carbons (Fsp3) is 0.750. The third-order valence-corrected chi connectivity index (χ3v) is 7.34. The molecule has 1 nitrogen and oxygen atoms in total. The highest BCUT2D eigenvalue weighted by Gasteiger charge is 2.48. The predicted molar refractivity (Wildman–Crippen MR) is 86.7 cm³/mol. The van der Waals surface area contributed by atoms with Crippen molar-refractivity contribution < 1.29 is 0 Å². The van der Waals surface area contributed by atoms with Gasteiger partial charge in [-0.25, -0.2) is 0 Å². The molecule has 1 aromatic heterocycles. The van der Waals surface area contributed by atoms with Gasteiger partial charge in [-0.05, 0) is 74.3 Å². The Morgan fingerprint density at radius 2 is 1.70 bits per heavy atom. The molecule has 1 heterocycles. The molecule has 0 amide bonds. The number of hydrogen-bond donors (Lipinski definition) is 1. The first kappa shape index (κ1) is 13.9. The maximum atomic E-state index is 6.30. The predicted octanol–water partition coefficient (Wildman–Crippen LogP) is 5.53. The van der Waals surface area contributed by atoms with Crippen molar-refractivity contribution in [1.29, 1.82) is 0 Å². The van der Waals surface area contributed by atoms with E-state index >= 15 is 0 Å². The summed E-state index contributed by atoms with van der Waals surface area (Å²) >= 11 is 13.9. The van der Waals surface area contributed by atoms with Gasteiger partial charge in [0.2, 0.25) is 0 Å². The average Bonchev–Trinajstić information content (AvgIpc) is 2.72. The Balaban J connectivity index is 1.50. The van der Waals surface area contributed by atoms with Crippen LogP contribution >= 0.6 is 34.5 Å². The van der Waals surface area contributed by atoms with Crippen LogP contribution in [0.4, 0.5) is 0 Å². The number of nitrogens with one attached hydrogen (secondary N) is 1. The van der Waals surface area contributed by atoms with Crippen molar-refractivity contribution in [1.82, 2.24) is 5.32 Å². The van der Waals surface area contributed by atoms with E-state index in [9.17, 15) is 0 Å². The van der Waals surface area contributed by atoms with Crippen LogP contribution in [0.15, 0.2) is 6.07 Å². The van der Waals surface area contributed by atoms with Crippen molar-refractivity contribution in [3.05, 3.63) is 20.3 Å². The van der Waals surface area contributed by atoms with E-state index in [-0.39, 0.29) is 0 Å². The van der Waals surface area contributed by atoms with Crippen LogP contribution < -0.4 is 5.32 Å². The minimum absolute atomic E-state index is 0.314. The Morgan fingerprint density at radius 1 is 1.10 bits per heavy atom. The van der Waals surface area contributed by atoms with Gasteiger partial charge < -0.3 is 5.32 Å². The fourth-order valence-corrected chi connectivity index (χ4v) is 6.87. The zero-order valence-corrected chi connectivity index (χ0v) is 14.1. The summed E-state index contributed by atoms with van der Waals surface area (Å²) in [7, 11) is 0. The summed E-state index contributed by atoms with van der Waals surface area (Å²) in [6.45, 7) is 2.23. The highest BCUT2D eigenvalue weighted by Crippen LogP contribution is 2.54. The fourth-order valence-electron chi connectivity index (χ4n) is 5.22. The van der Waals surface area contributed by atoms with Gasteiger partial charge in [-0.15, -0.1) is 11.3 Å². The third-order valence-electron chi connectivity index (χ3n) is 5.82. The highest BCUT2D eigenvalue weighted by molar-refractivity contribution is 7.20. The van der Waals surface area contributed by atoms with E-state index in [1.54, 1.807) is 0 Å². The van der Waals surface area contributed by atoms with Gasteiger partial charge in [0.15, 0.2) is 0 Å². The summed E-state index contributed by atoms with van der Waals surface area (Å²) in [5.74, 6) is 3.87. The topological polar surface area (TPSA) is 12.0 Å². The molecule has 1 atom stereocenters. The van der Waals surface area contributed by atoms with Crippen LogP contribution in [0.25, 0.3) is 0 Å². The van der Waals surface area contributed by atoms with E-state index in [1.807, 2.05) is 6.07 Å². The van der Waals surface area contributed by atoms with Crippen LogP contribution in [0.3, 0.4) is 0 Å². The second kappa shape index (κ2) is 5.15. The first-order valence-corrected chi connectivity index (χ1v) is 9.38. The molecule has 0 spiro atoms. The van der Waals surface area contributed by atoms with Gasteiger partial charge >= 0.3 is 0 Å². The molecule has 0 aromatic carbocycles. The molecule has 1 unspecified atom stereocenters. The second-order valence-corrected chi connectivity index (χ2v) is 9.41. The van der Waals surface area contributed by atoms with Gasteiger partial charge in [0.05, 0.1) is 8.67 Å². The first-order chi connectivity index (χ1) is 9.60. The molecule has 4 aliphatic carbocycles. The van der Waals surface area contributed by atoms with Gasteiger partial charge in [-0.3, -0.25) is 0 Å². The molecule has 4 heteroatoms. The quantitative estimate of drug-likeness (QED) is 0.768.